The quantitative estimate of drug-likeness (QED) is 0.0535. The molecule has 1 N–H and O–H groups in total. The number of hydrogen-bond donors (Lipinski definition) is 1. The maximum Gasteiger partial charge on any atom is 0.510 e. The average Bonchev–Trinajstić information content (AvgIpc) is 2.83. The van der Waals surface area contributed by atoms with E-state index in [0.29, 0.717) is 11.8 Å². The van der Waals surface area contributed by atoms with Gasteiger partial charge in [0.05, 0.1) is 20.0 Å². The predicted octanol–water partition coefficient (Wildman–Crippen LogP) is -1.88. The molecule has 18 heteroatoms. The van der Waals surface area contributed by atoms with Crippen LogP contribution in [-0.2, 0) is 57.3 Å². The van der Waals surface area contributed by atoms with Crippen molar-refractivity contribution in [1.29, 1.82) is 0 Å². The summed E-state index contributed by atoms with van der Waals surface area (Å²) in [5.74, 6) is -3.72. The van der Waals surface area contributed by atoms with Crippen LogP contribution in [0.1, 0.15) is 0 Å². The van der Waals surface area contributed by atoms with Crippen molar-refractivity contribution in [2.75, 3.05) is 53.3 Å². The van der Waals surface area contributed by atoms with Crippen molar-refractivity contribution in [3.05, 3.63) is 11.3 Å². The summed E-state index contributed by atoms with van der Waals surface area (Å²) in [6, 6.07) is -1.17. The monoisotopic (exact) mass is 553 g/mol. The number of β-lactam (4-membered cyclic amide) rings is 1. The number of oxime groups is 1. The fraction of sp³-hybridized carbons (Fsp3) is 0.556. The number of rotatable bonds is 12. The van der Waals surface area contributed by atoms with Crippen LogP contribution in [0, 0.1) is 0 Å². The molecule has 2 aliphatic heterocycles. The summed E-state index contributed by atoms with van der Waals surface area (Å²) in [5, 5.41) is 4.85. The molecule has 2 heterocycles. The van der Waals surface area contributed by atoms with E-state index in [1.54, 1.807) is 0 Å². The predicted molar refractivity (Wildman–Crippen MR) is 119 cm³/mol. The third-order valence-corrected chi connectivity index (χ3v) is 6.33. The molecule has 0 saturated carbocycles. The van der Waals surface area contributed by atoms with Gasteiger partial charge in [-0.05, 0) is 5.57 Å². The first-order valence-corrected chi connectivity index (χ1v) is 12.6. The number of esters is 1. The van der Waals surface area contributed by atoms with Gasteiger partial charge in [-0.2, -0.15) is 8.42 Å². The number of nitrogens with zero attached hydrogens (tertiary/aromatic N) is 2. The minimum atomic E-state index is -3.98. The van der Waals surface area contributed by atoms with E-state index in [-0.39, 0.29) is 18.1 Å². The van der Waals surface area contributed by atoms with E-state index in [1.165, 1.54) is 18.9 Å². The number of hydrogen-bond acceptors (Lipinski definition) is 15. The lowest BCUT2D eigenvalue weighted by molar-refractivity contribution is -0.157. The first kappa shape index (κ1) is 29.0. The maximum absolute atomic E-state index is 12.9. The molecule has 1 fully saturated rings. The highest BCUT2D eigenvalue weighted by Crippen LogP contribution is 2.40. The van der Waals surface area contributed by atoms with E-state index in [1.807, 2.05) is 0 Å². The largest absolute Gasteiger partial charge is 0.510 e. The highest BCUT2D eigenvalue weighted by Gasteiger charge is 2.54. The Balaban J connectivity index is 2.15. The van der Waals surface area contributed by atoms with Crippen LogP contribution in [0.5, 0.6) is 0 Å². The molecule has 2 aliphatic rings. The van der Waals surface area contributed by atoms with Crippen molar-refractivity contribution in [3.63, 3.8) is 0 Å². The second-order valence-electron chi connectivity index (χ2n) is 6.91. The van der Waals surface area contributed by atoms with Crippen LogP contribution in [0.2, 0.25) is 0 Å². The van der Waals surface area contributed by atoms with Crippen LogP contribution in [0.3, 0.4) is 0 Å². The van der Waals surface area contributed by atoms with Gasteiger partial charge < -0.3 is 29.1 Å². The van der Waals surface area contributed by atoms with E-state index in [4.69, 9.17) is 9.47 Å². The van der Waals surface area contributed by atoms with Gasteiger partial charge in [0.25, 0.3) is 21.9 Å². The van der Waals surface area contributed by atoms with E-state index in [9.17, 15) is 32.4 Å². The Labute approximate surface area is 209 Å². The standard InChI is InChI=1S/C18H23N3O13S2/c1-29-5-9-7-35-16-12(15(24)21(16)13(9)17(25)32-8-33-18(26)30-2)19-14(23)11(20-31-3)10(22)6-34-36(4,27)28/h12,16H,5-8H2,1-4H3,(H,19,23)/t12?,16-/m0/s1. The van der Waals surface area contributed by atoms with Gasteiger partial charge >= 0.3 is 12.1 Å². The number of thioether (sulfide) groups is 1. The lowest BCUT2D eigenvalue weighted by atomic mass is 10.0. The van der Waals surface area contributed by atoms with Crippen LogP contribution in [0.4, 0.5) is 4.79 Å². The molecular formula is C18H23N3O13S2. The molecule has 0 bridgehead atoms. The lowest BCUT2D eigenvalue weighted by Crippen LogP contribution is -2.71. The summed E-state index contributed by atoms with van der Waals surface area (Å²) < 4.78 is 45.3. The zero-order chi connectivity index (χ0) is 27.0. The number of methoxy groups -OCH3 is 2. The van der Waals surface area contributed by atoms with Gasteiger partial charge in [0.1, 0.15) is 30.8 Å². The molecule has 200 valence electrons. The molecule has 0 aliphatic carbocycles. The Morgan fingerprint density at radius 1 is 1.17 bits per heavy atom. The molecule has 0 aromatic heterocycles. The number of Topliss-reactive ketones (excluding diaryl/α,β-unsaturated/α-hetero) is 1. The molecule has 1 unspecified atom stereocenters. The SMILES string of the molecule is COCC1=C(C(=O)OCOC(=O)OC)N2C(=O)C(NC(=O)C(=NOC)C(=O)COS(C)(=O)=O)[C@@H]2SC1. The Morgan fingerprint density at radius 3 is 2.44 bits per heavy atom. The third kappa shape index (κ3) is 7.15. The smallest absolute Gasteiger partial charge is 0.438 e. The molecule has 2 atom stereocenters. The number of carbonyl (C=O) groups is 5. The second kappa shape index (κ2) is 12.7. The van der Waals surface area contributed by atoms with Crippen molar-refractivity contribution >= 4 is 57.3 Å². The Hall–Kier alpha value is -3.22. The van der Waals surface area contributed by atoms with Gasteiger partial charge in [0.2, 0.25) is 18.3 Å². The molecule has 0 radical (unpaired) electrons. The summed E-state index contributed by atoms with van der Waals surface area (Å²) in [5.41, 5.74) is -0.564. The Kier molecular flexibility index (Phi) is 10.2. The van der Waals surface area contributed by atoms with Crippen molar-refractivity contribution in [3.8, 4) is 0 Å². The molecule has 0 spiro atoms. The van der Waals surface area contributed by atoms with Crippen LogP contribution in [0.15, 0.2) is 16.4 Å². The van der Waals surface area contributed by atoms with Gasteiger partial charge in [-0.3, -0.25) is 23.5 Å². The minimum absolute atomic E-state index is 0.0116. The number of amides is 2. The first-order chi connectivity index (χ1) is 16.9. The van der Waals surface area contributed by atoms with E-state index in [2.05, 4.69) is 29.0 Å². The summed E-state index contributed by atoms with van der Waals surface area (Å²) in [4.78, 5) is 67.0. The van der Waals surface area contributed by atoms with Gasteiger partial charge in [-0.1, -0.05) is 5.16 Å². The van der Waals surface area contributed by atoms with Crippen LogP contribution < -0.4 is 5.32 Å². The first-order valence-electron chi connectivity index (χ1n) is 9.78. The van der Waals surface area contributed by atoms with Gasteiger partial charge in [0, 0.05) is 12.9 Å². The number of nitrogens with one attached hydrogen (secondary N) is 1. The summed E-state index contributed by atoms with van der Waals surface area (Å²) in [6.07, 6.45) is -0.371. The van der Waals surface area contributed by atoms with Crippen LogP contribution in [0.25, 0.3) is 0 Å². The van der Waals surface area contributed by atoms with Crippen molar-refractivity contribution in [1.82, 2.24) is 10.2 Å². The molecule has 0 aromatic carbocycles. The molecule has 36 heavy (non-hydrogen) atoms. The molecular weight excluding hydrogens is 530 g/mol. The van der Waals surface area contributed by atoms with Crippen molar-refractivity contribution in [2.24, 2.45) is 5.16 Å². The fourth-order valence-corrected chi connectivity index (χ4v) is 4.61. The number of carbonyl (C=O) groups excluding carboxylic acids is 5. The zero-order valence-corrected chi connectivity index (χ0v) is 21.1. The summed E-state index contributed by atoms with van der Waals surface area (Å²) >= 11 is 1.19. The topological polar surface area (TPSA) is 202 Å². The highest BCUT2D eigenvalue weighted by atomic mass is 32.2. The fourth-order valence-electron chi connectivity index (χ4n) is 2.96. The normalized spacial score (nSPS) is 19.6. The number of ether oxygens (including phenoxy) is 4. The van der Waals surface area contributed by atoms with E-state index >= 15 is 0 Å². The molecule has 16 nitrogen and oxygen atoms in total. The van der Waals surface area contributed by atoms with Gasteiger partial charge in [-0.25, -0.2) is 9.59 Å². The van der Waals surface area contributed by atoms with Crippen molar-refractivity contribution < 1.29 is 60.4 Å². The molecule has 0 aromatic rings. The maximum atomic E-state index is 12.9. The molecule has 1 saturated heterocycles. The average molecular weight is 554 g/mol. The zero-order valence-electron chi connectivity index (χ0n) is 19.5. The summed E-state index contributed by atoms with van der Waals surface area (Å²) in [7, 11) is -0.479. The number of fused-ring (bicyclic) bond motifs is 1. The Bertz CT molecular complexity index is 1090. The van der Waals surface area contributed by atoms with Gasteiger partial charge in [-0.15, -0.1) is 11.8 Å². The molecule has 2 rings (SSSR count). The van der Waals surface area contributed by atoms with E-state index < -0.39 is 70.4 Å². The minimum Gasteiger partial charge on any atom is -0.438 e. The lowest BCUT2D eigenvalue weighted by Gasteiger charge is -2.49. The van der Waals surface area contributed by atoms with E-state index in [0.717, 1.165) is 19.1 Å². The number of ketones is 1. The Morgan fingerprint density at radius 2 is 1.86 bits per heavy atom. The molecule has 2 amide bonds. The van der Waals surface area contributed by atoms with Crippen LogP contribution >= 0.6 is 11.8 Å². The van der Waals surface area contributed by atoms with Crippen LogP contribution in [-0.4, -0.2) is 114 Å². The second-order valence-corrected chi connectivity index (χ2v) is 9.66. The summed E-state index contributed by atoms with van der Waals surface area (Å²) in [6.45, 7) is -1.80. The van der Waals surface area contributed by atoms with Crippen molar-refractivity contribution in [2.45, 2.75) is 11.4 Å². The third-order valence-electron chi connectivity index (χ3n) is 4.45. The van der Waals surface area contributed by atoms with Gasteiger partial charge in [0.15, 0.2) is 0 Å². The highest BCUT2D eigenvalue weighted by molar-refractivity contribution is 8.00.